The third-order valence-electron chi connectivity index (χ3n) is 1.63. The van der Waals surface area contributed by atoms with E-state index in [2.05, 4.69) is 19.6 Å². The molecule has 0 spiro atoms. The van der Waals surface area contributed by atoms with Crippen molar-refractivity contribution in [1.29, 1.82) is 0 Å². The van der Waals surface area contributed by atoms with Crippen LogP contribution in [0.15, 0.2) is 0 Å². The number of rotatable bonds is 9. The predicted molar refractivity (Wildman–Crippen MR) is 64.5 cm³/mol. The summed E-state index contributed by atoms with van der Waals surface area (Å²) in [4.78, 5) is 0. The van der Waals surface area contributed by atoms with Crippen LogP contribution in [-0.4, -0.2) is 34.7 Å². The molecular formula is C9H22O3SSi. The maximum Gasteiger partial charge on any atom is 0.261 e. The van der Waals surface area contributed by atoms with Crippen molar-refractivity contribution in [3.63, 3.8) is 0 Å². The molecule has 3 nitrogen and oxygen atoms in total. The molecule has 14 heavy (non-hydrogen) atoms. The van der Waals surface area contributed by atoms with Crippen molar-refractivity contribution in [2.24, 2.45) is 0 Å². The quantitative estimate of drug-likeness (QED) is 0.286. The van der Waals surface area contributed by atoms with Crippen LogP contribution in [0.3, 0.4) is 0 Å². The molecule has 86 valence electrons. The Morgan fingerprint density at radius 2 is 1.79 bits per heavy atom. The van der Waals surface area contributed by atoms with Crippen molar-refractivity contribution in [1.82, 2.24) is 0 Å². The van der Waals surface area contributed by atoms with E-state index in [9.17, 15) is 0 Å². The molecule has 0 aliphatic rings. The van der Waals surface area contributed by atoms with Gasteiger partial charge in [0.25, 0.3) is 6.48 Å². The standard InChI is InChI=1S/C9H22O3SSi/c1-4-10-9(11-5-2)12-14-7-6-8(3)13/h8-9,13H,4-7,14H2,1-3H3. The molecule has 0 amide bonds. The van der Waals surface area contributed by atoms with Gasteiger partial charge in [-0.3, -0.25) is 0 Å². The highest BCUT2D eigenvalue weighted by molar-refractivity contribution is 7.80. The minimum atomic E-state index is -0.518. The average Bonchev–Trinajstić information content (AvgIpc) is 2.12. The fourth-order valence-electron chi connectivity index (χ4n) is 0.975. The lowest BCUT2D eigenvalue weighted by molar-refractivity contribution is -0.243. The molecule has 0 aliphatic heterocycles. The van der Waals surface area contributed by atoms with Crippen molar-refractivity contribution < 1.29 is 13.9 Å². The summed E-state index contributed by atoms with van der Waals surface area (Å²) >= 11 is 4.31. The van der Waals surface area contributed by atoms with E-state index in [1.54, 1.807) is 0 Å². The van der Waals surface area contributed by atoms with Crippen LogP contribution in [0.5, 0.6) is 0 Å². The van der Waals surface area contributed by atoms with Crippen molar-refractivity contribution >= 4 is 22.4 Å². The molecule has 0 fully saturated rings. The smallest absolute Gasteiger partial charge is 0.261 e. The van der Waals surface area contributed by atoms with Crippen LogP contribution in [-0.2, 0) is 13.9 Å². The summed E-state index contributed by atoms with van der Waals surface area (Å²) in [6, 6.07) is 1.13. The van der Waals surface area contributed by atoms with E-state index in [1.165, 1.54) is 0 Å². The van der Waals surface area contributed by atoms with Crippen LogP contribution in [0, 0.1) is 0 Å². The lowest BCUT2D eigenvalue weighted by Gasteiger charge is -2.17. The Balaban J connectivity index is 3.40. The summed E-state index contributed by atoms with van der Waals surface area (Å²) in [6.45, 7) is 6.79. The maximum atomic E-state index is 5.53. The molecule has 0 N–H and O–H groups in total. The first kappa shape index (κ1) is 14.4. The minimum absolute atomic E-state index is 0.438. The normalized spacial score (nSPS) is 14.4. The van der Waals surface area contributed by atoms with E-state index in [0.29, 0.717) is 18.5 Å². The van der Waals surface area contributed by atoms with Gasteiger partial charge in [-0.15, -0.1) is 0 Å². The summed E-state index contributed by atoms with van der Waals surface area (Å²) in [7, 11) is -0.518. The van der Waals surface area contributed by atoms with Gasteiger partial charge in [-0.25, -0.2) is 0 Å². The number of hydrogen-bond acceptors (Lipinski definition) is 4. The van der Waals surface area contributed by atoms with Crippen molar-refractivity contribution in [2.75, 3.05) is 13.2 Å². The Kier molecular flexibility index (Phi) is 10.3. The van der Waals surface area contributed by atoms with Gasteiger partial charge in [-0.1, -0.05) is 6.92 Å². The van der Waals surface area contributed by atoms with Crippen LogP contribution in [0.1, 0.15) is 27.2 Å². The lowest BCUT2D eigenvalue weighted by atomic mass is 10.4. The number of thiol groups is 1. The molecule has 0 aromatic rings. The van der Waals surface area contributed by atoms with Crippen molar-refractivity contribution in [3.8, 4) is 0 Å². The Labute approximate surface area is 94.9 Å². The van der Waals surface area contributed by atoms with E-state index >= 15 is 0 Å². The molecule has 0 aromatic heterocycles. The summed E-state index contributed by atoms with van der Waals surface area (Å²) in [5.41, 5.74) is 0. The van der Waals surface area contributed by atoms with Gasteiger partial charge in [0.15, 0.2) is 9.76 Å². The zero-order valence-corrected chi connectivity index (χ0v) is 11.7. The third-order valence-corrected chi connectivity index (χ3v) is 3.09. The van der Waals surface area contributed by atoms with E-state index in [1.807, 2.05) is 13.8 Å². The van der Waals surface area contributed by atoms with Crippen LogP contribution in [0.25, 0.3) is 0 Å². The molecular weight excluding hydrogens is 216 g/mol. The molecule has 0 aliphatic carbocycles. The molecule has 1 unspecified atom stereocenters. The van der Waals surface area contributed by atoms with Gasteiger partial charge in [-0.05, 0) is 31.6 Å². The Hall–Kier alpha value is 0.447. The molecule has 5 heteroatoms. The van der Waals surface area contributed by atoms with E-state index in [-0.39, 0.29) is 0 Å². The van der Waals surface area contributed by atoms with Crippen LogP contribution >= 0.6 is 12.6 Å². The van der Waals surface area contributed by atoms with Crippen molar-refractivity contribution in [3.05, 3.63) is 0 Å². The summed E-state index contributed by atoms with van der Waals surface area (Å²) in [6.07, 6.45) is 1.11. The topological polar surface area (TPSA) is 27.7 Å². The zero-order valence-electron chi connectivity index (χ0n) is 9.36. The maximum absolute atomic E-state index is 5.53. The fourth-order valence-corrected chi connectivity index (χ4v) is 2.83. The molecule has 0 aromatic carbocycles. The first-order chi connectivity index (χ1) is 6.70. The summed E-state index contributed by atoms with van der Waals surface area (Å²) in [5, 5.41) is 0.462. The predicted octanol–water partition coefficient (Wildman–Crippen LogP) is 1.57. The molecule has 0 saturated carbocycles. The van der Waals surface area contributed by atoms with Gasteiger partial charge < -0.3 is 13.9 Å². The van der Waals surface area contributed by atoms with E-state index in [0.717, 1.165) is 12.5 Å². The summed E-state index contributed by atoms with van der Waals surface area (Å²) < 4.78 is 16.1. The average molecular weight is 238 g/mol. The van der Waals surface area contributed by atoms with Gasteiger partial charge in [0, 0.05) is 13.2 Å². The second-order valence-electron chi connectivity index (χ2n) is 3.06. The number of hydrogen-bond donors (Lipinski definition) is 1. The van der Waals surface area contributed by atoms with E-state index < -0.39 is 16.2 Å². The summed E-state index contributed by atoms with van der Waals surface area (Å²) in [5.74, 6) is 0. The lowest BCUT2D eigenvalue weighted by Crippen LogP contribution is -2.23. The zero-order chi connectivity index (χ0) is 10.8. The largest absolute Gasteiger partial charge is 0.379 e. The van der Waals surface area contributed by atoms with Gasteiger partial charge >= 0.3 is 0 Å². The molecule has 0 bridgehead atoms. The second kappa shape index (κ2) is 9.98. The number of ether oxygens (including phenoxy) is 2. The molecule has 0 heterocycles. The fraction of sp³-hybridized carbons (Fsp3) is 1.00. The Morgan fingerprint density at radius 1 is 1.21 bits per heavy atom. The first-order valence-corrected chi connectivity index (χ1v) is 7.32. The molecule has 0 saturated heterocycles. The highest BCUT2D eigenvalue weighted by atomic mass is 32.1. The van der Waals surface area contributed by atoms with Gasteiger partial charge in [0.05, 0.1) is 0 Å². The second-order valence-corrected chi connectivity index (χ2v) is 5.39. The van der Waals surface area contributed by atoms with Crippen LogP contribution < -0.4 is 0 Å². The van der Waals surface area contributed by atoms with Crippen LogP contribution in [0.4, 0.5) is 0 Å². The van der Waals surface area contributed by atoms with Crippen molar-refractivity contribution in [2.45, 2.75) is 45.0 Å². The Bertz CT molecular complexity index is 119. The first-order valence-electron chi connectivity index (χ1n) is 5.23. The highest BCUT2D eigenvalue weighted by Crippen LogP contribution is 2.04. The monoisotopic (exact) mass is 238 g/mol. The van der Waals surface area contributed by atoms with Gasteiger partial charge in [-0.2, -0.15) is 12.6 Å². The Morgan fingerprint density at radius 3 is 2.21 bits per heavy atom. The highest BCUT2D eigenvalue weighted by Gasteiger charge is 2.07. The minimum Gasteiger partial charge on any atom is -0.379 e. The molecule has 0 radical (unpaired) electrons. The van der Waals surface area contributed by atoms with E-state index in [4.69, 9.17) is 13.9 Å². The molecule has 1 atom stereocenters. The SMILES string of the molecule is CCOC(OCC)O[SiH2]CCC(C)S. The van der Waals surface area contributed by atoms with Gasteiger partial charge in [0.2, 0.25) is 0 Å². The molecule has 0 rings (SSSR count). The van der Waals surface area contributed by atoms with Gasteiger partial charge in [0.1, 0.15) is 0 Å². The van der Waals surface area contributed by atoms with Crippen LogP contribution in [0.2, 0.25) is 6.04 Å². The third kappa shape index (κ3) is 9.02.